The van der Waals surface area contributed by atoms with Gasteiger partial charge in [0.1, 0.15) is 9.84 Å². The molecular formula is C13H23NO5S. The van der Waals surface area contributed by atoms with E-state index in [0.717, 1.165) is 31.9 Å². The van der Waals surface area contributed by atoms with Gasteiger partial charge in [0, 0.05) is 19.2 Å². The third-order valence-corrected chi connectivity index (χ3v) is 4.75. The van der Waals surface area contributed by atoms with E-state index in [0.29, 0.717) is 12.8 Å². The molecule has 2 N–H and O–H groups in total. The predicted octanol–water partition coefficient (Wildman–Crippen LogP) is 0.962. The van der Waals surface area contributed by atoms with Crippen molar-refractivity contribution in [1.29, 1.82) is 0 Å². The second-order valence-electron chi connectivity index (χ2n) is 5.66. The van der Waals surface area contributed by atoms with Gasteiger partial charge in [-0.1, -0.05) is 25.7 Å². The molecule has 0 aromatic carbocycles. The van der Waals surface area contributed by atoms with Crippen LogP contribution in [0.25, 0.3) is 0 Å². The normalized spacial score (nSPS) is 19.1. The fourth-order valence-electron chi connectivity index (χ4n) is 2.62. The average Bonchev–Trinajstić information content (AvgIpc) is 2.53. The molecule has 0 spiro atoms. The van der Waals surface area contributed by atoms with Gasteiger partial charge in [0.15, 0.2) is 0 Å². The van der Waals surface area contributed by atoms with E-state index in [1.54, 1.807) is 0 Å². The Morgan fingerprint density at radius 3 is 2.15 bits per heavy atom. The van der Waals surface area contributed by atoms with Crippen LogP contribution in [0.2, 0.25) is 0 Å². The van der Waals surface area contributed by atoms with E-state index in [1.807, 2.05) is 0 Å². The van der Waals surface area contributed by atoms with Gasteiger partial charge in [0.2, 0.25) is 5.91 Å². The van der Waals surface area contributed by atoms with Crippen molar-refractivity contribution in [1.82, 2.24) is 5.32 Å². The number of rotatable bonds is 6. The van der Waals surface area contributed by atoms with Crippen molar-refractivity contribution < 1.29 is 23.1 Å². The van der Waals surface area contributed by atoms with Crippen LogP contribution in [0, 0.1) is 5.41 Å². The Morgan fingerprint density at radius 1 is 1.15 bits per heavy atom. The maximum absolute atomic E-state index is 11.8. The van der Waals surface area contributed by atoms with Crippen molar-refractivity contribution in [2.45, 2.75) is 44.9 Å². The van der Waals surface area contributed by atoms with Crippen LogP contribution in [-0.2, 0) is 19.4 Å². The number of hydrogen-bond acceptors (Lipinski definition) is 4. The number of hydrogen-bond donors (Lipinski definition) is 2. The summed E-state index contributed by atoms with van der Waals surface area (Å²) in [4.78, 5) is 23.4. The molecule has 1 saturated carbocycles. The Bertz CT molecular complexity index is 449. The van der Waals surface area contributed by atoms with Gasteiger partial charge in [-0.05, 0) is 12.8 Å². The van der Waals surface area contributed by atoms with Crippen LogP contribution in [0.5, 0.6) is 0 Å². The summed E-state index contributed by atoms with van der Waals surface area (Å²) in [5.74, 6) is -1.42. The third-order valence-electron chi connectivity index (χ3n) is 3.81. The molecule has 6 nitrogen and oxygen atoms in total. The standard InChI is InChI=1S/C13H23NO5S/c1-20(18,19)9-8-14-11(15)10-13(12(16)17)6-4-2-3-5-7-13/h2-10H2,1H3,(H,14,15)(H,16,17). The number of carboxylic acid groups (broad SMARTS) is 1. The molecule has 0 saturated heterocycles. The highest BCUT2D eigenvalue weighted by Gasteiger charge is 2.40. The minimum atomic E-state index is -3.12. The van der Waals surface area contributed by atoms with Crippen LogP contribution in [0.1, 0.15) is 44.9 Å². The average molecular weight is 305 g/mol. The smallest absolute Gasteiger partial charge is 0.310 e. The third kappa shape index (κ3) is 5.48. The monoisotopic (exact) mass is 305 g/mol. The minimum absolute atomic E-state index is 0.0351. The Labute approximate surface area is 119 Å². The molecule has 20 heavy (non-hydrogen) atoms. The fraction of sp³-hybridized carbons (Fsp3) is 0.846. The highest BCUT2D eigenvalue weighted by Crippen LogP contribution is 2.38. The lowest BCUT2D eigenvalue weighted by molar-refractivity contribution is -0.152. The second-order valence-corrected chi connectivity index (χ2v) is 7.92. The molecule has 0 aromatic rings. The summed E-state index contributed by atoms with van der Waals surface area (Å²) in [7, 11) is -3.12. The van der Waals surface area contributed by atoms with Gasteiger partial charge in [-0.3, -0.25) is 9.59 Å². The van der Waals surface area contributed by atoms with Gasteiger partial charge in [0.25, 0.3) is 0 Å². The fourth-order valence-corrected chi connectivity index (χ4v) is 3.09. The van der Waals surface area contributed by atoms with Gasteiger partial charge >= 0.3 is 5.97 Å². The van der Waals surface area contributed by atoms with Gasteiger partial charge in [-0.15, -0.1) is 0 Å². The first-order valence-corrected chi connectivity index (χ1v) is 8.99. The quantitative estimate of drug-likeness (QED) is 0.712. The summed E-state index contributed by atoms with van der Waals surface area (Å²) in [6.45, 7) is 0.0351. The molecule has 0 bridgehead atoms. The van der Waals surface area contributed by atoms with E-state index < -0.39 is 21.2 Å². The van der Waals surface area contributed by atoms with Crippen molar-refractivity contribution in [2.75, 3.05) is 18.6 Å². The van der Waals surface area contributed by atoms with E-state index in [1.165, 1.54) is 0 Å². The summed E-state index contributed by atoms with van der Waals surface area (Å²) < 4.78 is 21.9. The first-order chi connectivity index (χ1) is 9.25. The van der Waals surface area contributed by atoms with E-state index >= 15 is 0 Å². The number of amides is 1. The summed E-state index contributed by atoms with van der Waals surface area (Å²) in [6, 6.07) is 0. The van der Waals surface area contributed by atoms with Crippen molar-refractivity contribution in [3.63, 3.8) is 0 Å². The van der Waals surface area contributed by atoms with Crippen LogP contribution >= 0.6 is 0 Å². The zero-order chi connectivity index (χ0) is 15.2. The lowest BCUT2D eigenvalue weighted by Gasteiger charge is -2.27. The topological polar surface area (TPSA) is 101 Å². The summed E-state index contributed by atoms with van der Waals surface area (Å²) in [5, 5.41) is 11.9. The first-order valence-electron chi connectivity index (χ1n) is 6.93. The second kappa shape index (κ2) is 7.06. The predicted molar refractivity (Wildman–Crippen MR) is 75.1 cm³/mol. The highest BCUT2D eigenvalue weighted by atomic mass is 32.2. The Kier molecular flexibility index (Phi) is 5.98. The Balaban J connectivity index is 2.57. The van der Waals surface area contributed by atoms with Crippen molar-refractivity contribution >= 4 is 21.7 Å². The molecule has 1 rings (SSSR count). The van der Waals surface area contributed by atoms with Crippen molar-refractivity contribution in [3.05, 3.63) is 0 Å². The Morgan fingerprint density at radius 2 is 1.70 bits per heavy atom. The van der Waals surface area contributed by atoms with Gasteiger partial charge in [-0.2, -0.15) is 0 Å². The summed E-state index contributed by atoms with van der Waals surface area (Å²) in [6.07, 6.45) is 5.72. The van der Waals surface area contributed by atoms with Crippen molar-refractivity contribution in [3.8, 4) is 0 Å². The lowest BCUT2D eigenvalue weighted by Crippen LogP contribution is -2.38. The molecule has 0 unspecified atom stereocenters. The van der Waals surface area contributed by atoms with Crippen molar-refractivity contribution in [2.24, 2.45) is 5.41 Å². The summed E-state index contributed by atoms with van der Waals surface area (Å²) >= 11 is 0. The van der Waals surface area contributed by atoms with E-state index in [2.05, 4.69) is 5.32 Å². The molecule has 0 atom stereocenters. The molecule has 0 aromatic heterocycles. The molecule has 116 valence electrons. The van der Waals surface area contributed by atoms with Gasteiger partial charge < -0.3 is 10.4 Å². The number of sulfone groups is 1. The van der Waals surface area contributed by atoms with Crippen LogP contribution in [0.15, 0.2) is 0 Å². The van der Waals surface area contributed by atoms with E-state index in [4.69, 9.17) is 0 Å². The number of aliphatic carboxylic acids is 1. The van der Waals surface area contributed by atoms with Crippen LogP contribution in [0.4, 0.5) is 0 Å². The number of carboxylic acids is 1. The summed E-state index contributed by atoms with van der Waals surface area (Å²) in [5.41, 5.74) is -0.980. The number of carbonyl (C=O) groups is 2. The lowest BCUT2D eigenvalue weighted by atomic mass is 9.77. The van der Waals surface area contributed by atoms with E-state index in [-0.39, 0.29) is 24.6 Å². The first kappa shape index (κ1) is 16.9. The van der Waals surface area contributed by atoms with Gasteiger partial charge in [0.05, 0.1) is 11.2 Å². The number of carbonyl (C=O) groups excluding carboxylic acids is 1. The zero-order valence-corrected chi connectivity index (χ0v) is 12.7. The highest BCUT2D eigenvalue weighted by molar-refractivity contribution is 7.90. The van der Waals surface area contributed by atoms with Crippen LogP contribution in [0.3, 0.4) is 0 Å². The molecule has 7 heteroatoms. The zero-order valence-electron chi connectivity index (χ0n) is 11.9. The molecule has 1 fully saturated rings. The molecule has 1 amide bonds. The molecule has 0 radical (unpaired) electrons. The maximum atomic E-state index is 11.8. The van der Waals surface area contributed by atoms with E-state index in [9.17, 15) is 23.1 Å². The molecule has 1 aliphatic rings. The SMILES string of the molecule is CS(=O)(=O)CCNC(=O)CC1(C(=O)O)CCCCCC1. The van der Waals surface area contributed by atoms with Crippen LogP contribution in [-0.4, -0.2) is 44.0 Å². The van der Waals surface area contributed by atoms with Crippen LogP contribution < -0.4 is 5.32 Å². The molecular weight excluding hydrogens is 282 g/mol. The Hall–Kier alpha value is -1.11. The molecule has 0 heterocycles. The van der Waals surface area contributed by atoms with Gasteiger partial charge in [-0.25, -0.2) is 8.42 Å². The molecule has 1 aliphatic carbocycles. The largest absolute Gasteiger partial charge is 0.481 e. The number of nitrogens with one attached hydrogen (secondary N) is 1. The maximum Gasteiger partial charge on any atom is 0.310 e. The minimum Gasteiger partial charge on any atom is -0.481 e. The molecule has 0 aliphatic heterocycles.